The highest BCUT2D eigenvalue weighted by Gasteiger charge is 2.22. The van der Waals surface area contributed by atoms with Gasteiger partial charge < -0.3 is 5.32 Å². The summed E-state index contributed by atoms with van der Waals surface area (Å²) in [5, 5.41) is 2.94. The second-order valence-corrected chi connectivity index (χ2v) is 6.21. The van der Waals surface area contributed by atoms with Gasteiger partial charge in [0.2, 0.25) is 10.0 Å². The summed E-state index contributed by atoms with van der Waals surface area (Å²) in [6, 6.07) is 5.48. The Labute approximate surface area is 104 Å². The van der Waals surface area contributed by atoms with E-state index in [2.05, 4.69) is 5.32 Å². The number of nitrogens with zero attached hydrogens (tertiary/aromatic N) is 1. The molecule has 0 atom stereocenters. The summed E-state index contributed by atoms with van der Waals surface area (Å²) in [4.78, 5) is 0.399. The molecule has 0 aliphatic heterocycles. The highest BCUT2D eigenvalue weighted by atomic mass is 32.2. The van der Waals surface area contributed by atoms with Crippen molar-refractivity contribution in [2.24, 2.45) is 0 Å². The van der Waals surface area contributed by atoms with Gasteiger partial charge in [0.25, 0.3) is 0 Å². The molecular formula is C12H20N2O2S. The molecule has 0 spiro atoms. The van der Waals surface area contributed by atoms with Crippen LogP contribution in [0.5, 0.6) is 0 Å². The molecule has 0 saturated carbocycles. The molecule has 0 heterocycles. The van der Waals surface area contributed by atoms with Crippen LogP contribution >= 0.6 is 0 Å². The molecule has 1 aromatic carbocycles. The summed E-state index contributed by atoms with van der Waals surface area (Å²) < 4.78 is 26.0. The number of likely N-dealkylation sites (N-methyl/N-ethyl adjacent to an activating group) is 2. The fraction of sp³-hybridized carbons (Fsp3) is 0.500. The summed E-state index contributed by atoms with van der Waals surface area (Å²) >= 11 is 0. The van der Waals surface area contributed by atoms with Crippen LogP contribution in [0.2, 0.25) is 0 Å². The lowest BCUT2D eigenvalue weighted by Crippen LogP contribution is -2.33. The van der Waals surface area contributed by atoms with Crippen LogP contribution in [0.15, 0.2) is 23.1 Å². The van der Waals surface area contributed by atoms with Gasteiger partial charge in [-0.05, 0) is 38.1 Å². The zero-order chi connectivity index (χ0) is 13.1. The largest absolute Gasteiger partial charge is 0.318 e. The molecule has 0 saturated heterocycles. The molecule has 0 unspecified atom stereocenters. The van der Waals surface area contributed by atoms with E-state index < -0.39 is 10.0 Å². The van der Waals surface area contributed by atoms with E-state index in [4.69, 9.17) is 0 Å². The third-order valence-corrected chi connectivity index (χ3v) is 4.71. The van der Waals surface area contributed by atoms with E-state index in [1.54, 1.807) is 20.2 Å². The van der Waals surface area contributed by atoms with Gasteiger partial charge in [0.1, 0.15) is 0 Å². The predicted molar refractivity (Wildman–Crippen MR) is 69.7 cm³/mol. The third-order valence-electron chi connectivity index (χ3n) is 2.71. The van der Waals surface area contributed by atoms with Crippen LogP contribution in [-0.4, -0.2) is 39.9 Å². The standard InChI is InChI=1S/C12H20N2O2S/c1-10-5-6-11(2)12(9-10)17(15,16)14(4)8-7-13-3/h5-6,9,13H,7-8H2,1-4H3. The maximum Gasteiger partial charge on any atom is 0.243 e. The van der Waals surface area contributed by atoms with Crippen molar-refractivity contribution < 1.29 is 8.42 Å². The van der Waals surface area contributed by atoms with Crippen molar-refractivity contribution in [2.45, 2.75) is 18.7 Å². The fourth-order valence-electron chi connectivity index (χ4n) is 1.54. The second kappa shape index (κ2) is 5.62. The van der Waals surface area contributed by atoms with E-state index in [0.717, 1.165) is 11.1 Å². The van der Waals surface area contributed by atoms with Crippen molar-refractivity contribution in [2.75, 3.05) is 27.2 Å². The van der Waals surface area contributed by atoms with Gasteiger partial charge in [0.05, 0.1) is 4.90 Å². The van der Waals surface area contributed by atoms with Gasteiger partial charge in [-0.3, -0.25) is 0 Å². The van der Waals surface area contributed by atoms with Crippen LogP contribution < -0.4 is 5.32 Å². The normalized spacial score (nSPS) is 12.1. The number of aryl methyl sites for hydroxylation is 2. The first-order valence-corrected chi connectivity index (χ1v) is 7.02. The number of hydrogen-bond acceptors (Lipinski definition) is 3. The number of benzene rings is 1. The van der Waals surface area contributed by atoms with Crippen LogP contribution in [0.3, 0.4) is 0 Å². The van der Waals surface area contributed by atoms with Gasteiger partial charge in [-0.15, -0.1) is 0 Å². The molecule has 17 heavy (non-hydrogen) atoms. The van der Waals surface area contributed by atoms with Crippen LogP contribution in [-0.2, 0) is 10.0 Å². The van der Waals surface area contributed by atoms with Gasteiger partial charge >= 0.3 is 0 Å². The minimum absolute atomic E-state index is 0.399. The Morgan fingerprint density at radius 1 is 1.29 bits per heavy atom. The van der Waals surface area contributed by atoms with E-state index in [1.165, 1.54) is 4.31 Å². The van der Waals surface area contributed by atoms with E-state index in [1.807, 2.05) is 26.0 Å². The lowest BCUT2D eigenvalue weighted by atomic mass is 10.2. The SMILES string of the molecule is CNCCN(C)S(=O)(=O)c1cc(C)ccc1C. The van der Waals surface area contributed by atoms with Crippen LogP contribution in [0.25, 0.3) is 0 Å². The number of nitrogens with one attached hydrogen (secondary N) is 1. The molecule has 4 nitrogen and oxygen atoms in total. The first-order valence-electron chi connectivity index (χ1n) is 5.58. The maximum atomic E-state index is 12.3. The Balaban J connectivity index is 3.08. The van der Waals surface area contributed by atoms with Crippen LogP contribution in [0, 0.1) is 13.8 Å². The van der Waals surface area contributed by atoms with E-state index in [9.17, 15) is 8.42 Å². The Morgan fingerprint density at radius 3 is 2.53 bits per heavy atom. The van der Waals surface area contributed by atoms with Gasteiger partial charge in [0, 0.05) is 20.1 Å². The summed E-state index contributed by atoms with van der Waals surface area (Å²) in [7, 11) is 0.0385. The van der Waals surface area contributed by atoms with Crippen molar-refractivity contribution in [3.05, 3.63) is 29.3 Å². The molecule has 0 aromatic heterocycles. The zero-order valence-corrected chi connectivity index (χ0v) is 11.6. The molecule has 5 heteroatoms. The molecule has 1 aromatic rings. The number of rotatable bonds is 5. The molecule has 1 rings (SSSR count). The molecule has 96 valence electrons. The molecular weight excluding hydrogens is 236 g/mol. The molecule has 0 aliphatic rings. The summed E-state index contributed by atoms with van der Waals surface area (Å²) in [6.07, 6.45) is 0. The number of hydrogen-bond donors (Lipinski definition) is 1. The van der Waals surface area contributed by atoms with Crippen molar-refractivity contribution in [1.82, 2.24) is 9.62 Å². The lowest BCUT2D eigenvalue weighted by Gasteiger charge is -2.18. The fourth-order valence-corrected chi connectivity index (χ4v) is 3.02. The summed E-state index contributed by atoms with van der Waals surface area (Å²) in [5.41, 5.74) is 1.74. The van der Waals surface area contributed by atoms with E-state index in [-0.39, 0.29) is 0 Å². The van der Waals surface area contributed by atoms with Crippen molar-refractivity contribution in [1.29, 1.82) is 0 Å². The maximum absolute atomic E-state index is 12.3. The van der Waals surface area contributed by atoms with Gasteiger partial charge in [-0.25, -0.2) is 8.42 Å². The Hall–Kier alpha value is -0.910. The quantitative estimate of drug-likeness (QED) is 0.859. The highest BCUT2D eigenvalue weighted by molar-refractivity contribution is 7.89. The van der Waals surface area contributed by atoms with Gasteiger partial charge in [0.15, 0.2) is 0 Å². The molecule has 1 N–H and O–H groups in total. The molecule has 0 bridgehead atoms. The highest BCUT2D eigenvalue weighted by Crippen LogP contribution is 2.19. The number of sulfonamides is 1. The second-order valence-electron chi connectivity index (χ2n) is 4.20. The first kappa shape index (κ1) is 14.2. The minimum Gasteiger partial charge on any atom is -0.318 e. The zero-order valence-electron chi connectivity index (χ0n) is 10.8. The minimum atomic E-state index is -3.37. The van der Waals surface area contributed by atoms with Crippen LogP contribution in [0.4, 0.5) is 0 Å². The monoisotopic (exact) mass is 256 g/mol. The third kappa shape index (κ3) is 3.28. The molecule has 0 aliphatic carbocycles. The molecule has 0 radical (unpaired) electrons. The summed E-state index contributed by atoms with van der Waals surface area (Å²) in [6.45, 7) is 4.82. The van der Waals surface area contributed by atoms with Crippen molar-refractivity contribution in [3.63, 3.8) is 0 Å². The van der Waals surface area contributed by atoms with Crippen molar-refractivity contribution in [3.8, 4) is 0 Å². The van der Waals surface area contributed by atoms with Crippen molar-refractivity contribution >= 4 is 10.0 Å². The van der Waals surface area contributed by atoms with E-state index >= 15 is 0 Å². The average molecular weight is 256 g/mol. The van der Waals surface area contributed by atoms with Crippen LogP contribution in [0.1, 0.15) is 11.1 Å². The lowest BCUT2D eigenvalue weighted by molar-refractivity contribution is 0.465. The van der Waals surface area contributed by atoms with Gasteiger partial charge in [-0.1, -0.05) is 12.1 Å². The topological polar surface area (TPSA) is 49.4 Å². The Bertz CT molecular complexity index is 483. The predicted octanol–water partition coefficient (Wildman–Crippen LogP) is 1.14. The average Bonchev–Trinajstić information content (AvgIpc) is 2.28. The molecule has 0 amide bonds. The smallest absolute Gasteiger partial charge is 0.243 e. The summed E-state index contributed by atoms with van der Waals surface area (Å²) in [5.74, 6) is 0. The van der Waals surface area contributed by atoms with Gasteiger partial charge in [-0.2, -0.15) is 4.31 Å². The first-order chi connectivity index (χ1) is 7.89. The van der Waals surface area contributed by atoms with E-state index in [0.29, 0.717) is 18.0 Å². The molecule has 0 fully saturated rings. The Morgan fingerprint density at radius 2 is 1.94 bits per heavy atom. The Kier molecular flexibility index (Phi) is 4.68.